The Bertz CT molecular complexity index is 1660. The van der Waals surface area contributed by atoms with E-state index in [1.54, 1.807) is 24.4 Å². The lowest BCUT2D eigenvalue weighted by atomic mass is 9.81. The number of carbonyl (C=O) groups excluding carboxylic acids is 2. The molecular weight excluding hydrogens is 570 g/mol. The number of hydrogen-bond donors (Lipinski definition) is 4. The van der Waals surface area contributed by atoms with Crippen LogP contribution in [0.25, 0.3) is 22.2 Å². The molecule has 2 aromatic heterocycles. The van der Waals surface area contributed by atoms with Gasteiger partial charge >= 0.3 is 5.69 Å². The number of carbonyl (C=O) groups is 2. The summed E-state index contributed by atoms with van der Waals surface area (Å²) >= 11 is 0. The summed E-state index contributed by atoms with van der Waals surface area (Å²) in [5, 5.41) is 0. The second-order valence-corrected chi connectivity index (χ2v) is 12.2. The molecular formula is C34H43N7O4. The lowest BCUT2D eigenvalue weighted by Gasteiger charge is -2.35. The van der Waals surface area contributed by atoms with Crippen LogP contribution in [0.15, 0.2) is 65.6 Å². The van der Waals surface area contributed by atoms with Gasteiger partial charge in [0, 0.05) is 42.4 Å². The second kappa shape index (κ2) is 14.5. The molecule has 45 heavy (non-hydrogen) atoms. The minimum Gasteiger partial charge on any atom is -0.478 e. The van der Waals surface area contributed by atoms with E-state index >= 15 is 0 Å². The maximum atomic E-state index is 14.2. The summed E-state index contributed by atoms with van der Waals surface area (Å²) in [5.74, 6) is -0.0383. The zero-order valence-corrected chi connectivity index (χ0v) is 26.0. The number of pyridine rings is 1. The number of nitrogens with two attached hydrogens (primary N) is 2. The van der Waals surface area contributed by atoms with E-state index in [1.165, 1.54) is 4.90 Å². The number of benzene rings is 2. The summed E-state index contributed by atoms with van der Waals surface area (Å²) in [5.41, 5.74) is 15.9. The summed E-state index contributed by atoms with van der Waals surface area (Å²) in [6.45, 7) is 2.13. The first-order valence-electron chi connectivity index (χ1n) is 15.6. The first-order valence-corrected chi connectivity index (χ1v) is 15.6. The Hall–Kier alpha value is -4.48. The zero-order chi connectivity index (χ0) is 31.9. The smallest absolute Gasteiger partial charge is 0.323 e. The van der Waals surface area contributed by atoms with Crippen molar-refractivity contribution in [2.24, 2.45) is 23.3 Å². The van der Waals surface area contributed by atoms with Crippen LogP contribution < -0.4 is 26.8 Å². The molecule has 0 unspecified atom stereocenters. The van der Waals surface area contributed by atoms with Gasteiger partial charge in [0.1, 0.15) is 6.04 Å². The topological polar surface area (TPSA) is 163 Å². The number of anilines is 1. The molecule has 11 nitrogen and oxygen atoms in total. The van der Waals surface area contributed by atoms with E-state index in [2.05, 4.69) is 19.9 Å². The van der Waals surface area contributed by atoms with Gasteiger partial charge < -0.3 is 31.1 Å². The standard InChI is InChI=1S/C34H43N7O4/c1-40(2)15-4-16-45-31-14-11-26(21-37-31)25-6-3-5-23(17-25)18-30(32(36)42)41(33(43)24-9-7-22(20-35)8-10-24)27-12-13-28-29(19-27)39-34(44)38-28/h3,5-6,11-14,17,19,21-22,24,30H,4,7-10,15-16,18,20,35H2,1-2H3,(H2,36,42)(H2,38,39,44)/t22?,24?,30-/m0/s1. The van der Waals surface area contributed by atoms with Gasteiger partial charge in [-0.1, -0.05) is 24.3 Å². The molecule has 1 fully saturated rings. The number of primary amides is 1. The molecule has 1 aliphatic carbocycles. The maximum Gasteiger partial charge on any atom is 0.323 e. The number of imidazole rings is 1. The van der Waals surface area contributed by atoms with Crippen molar-refractivity contribution in [1.82, 2.24) is 19.9 Å². The molecule has 11 heteroatoms. The largest absolute Gasteiger partial charge is 0.478 e. The van der Waals surface area contributed by atoms with Crippen molar-refractivity contribution in [3.05, 3.63) is 76.8 Å². The molecule has 1 aliphatic rings. The molecule has 238 valence electrons. The second-order valence-electron chi connectivity index (χ2n) is 12.2. The quantitative estimate of drug-likeness (QED) is 0.168. The summed E-state index contributed by atoms with van der Waals surface area (Å²) in [7, 11) is 4.06. The zero-order valence-electron chi connectivity index (χ0n) is 26.0. The van der Waals surface area contributed by atoms with E-state index in [9.17, 15) is 14.4 Å². The lowest BCUT2D eigenvalue weighted by molar-refractivity contribution is -0.127. The molecule has 4 aromatic rings. The van der Waals surface area contributed by atoms with Crippen LogP contribution in [0.1, 0.15) is 37.7 Å². The van der Waals surface area contributed by atoms with Crippen molar-refractivity contribution < 1.29 is 14.3 Å². The summed E-state index contributed by atoms with van der Waals surface area (Å²) < 4.78 is 5.78. The number of amides is 2. The number of nitrogens with one attached hydrogen (secondary N) is 2. The van der Waals surface area contributed by atoms with Crippen molar-refractivity contribution in [2.45, 2.75) is 44.6 Å². The van der Waals surface area contributed by atoms with Gasteiger partial charge in [0.15, 0.2) is 0 Å². The minimum absolute atomic E-state index is 0.145. The fourth-order valence-electron chi connectivity index (χ4n) is 6.09. The Balaban J connectivity index is 1.40. The van der Waals surface area contributed by atoms with Gasteiger partial charge in [-0.15, -0.1) is 0 Å². The van der Waals surface area contributed by atoms with Crippen LogP contribution >= 0.6 is 0 Å². The molecule has 1 saturated carbocycles. The summed E-state index contributed by atoms with van der Waals surface area (Å²) in [6, 6.07) is 15.9. The third-order valence-corrected chi connectivity index (χ3v) is 8.61. The highest BCUT2D eigenvalue weighted by Crippen LogP contribution is 2.33. The number of ether oxygens (including phenoxy) is 1. The SMILES string of the molecule is CN(C)CCCOc1ccc(-c2cccc(C[C@@H](C(N)=O)N(C(=O)C3CCC(CN)CC3)c3ccc4[nH]c(=O)[nH]c4c3)c2)cn1. The van der Waals surface area contributed by atoms with Crippen LogP contribution in [0.4, 0.5) is 5.69 Å². The van der Waals surface area contributed by atoms with E-state index in [0.717, 1.165) is 42.5 Å². The lowest BCUT2D eigenvalue weighted by Crippen LogP contribution is -2.52. The summed E-state index contributed by atoms with van der Waals surface area (Å²) in [6.07, 6.45) is 6.02. The molecule has 0 radical (unpaired) electrons. The van der Waals surface area contributed by atoms with Crippen molar-refractivity contribution in [1.29, 1.82) is 0 Å². The summed E-state index contributed by atoms with van der Waals surface area (Å²) in [4.78, 5) is 52.9. The van der Waals surface area contributed by atoms with Gasteiger partial charge in [-0.2, -0.15) is 0 Å². The number of aromatic amines is 2. The molecule has 0 saturated heterocycles. The van der Waals surface area contributed by atoms with E-state index in [-0.39, 0.29) is 23.9 Å². The van der Waals surface area contributed by atoms with E-state index < -0.39 is 11.9 Å². The van der Waals surface area contributed by atoms with Crippen molar-refractivity contribution in [3.63, 3.8) is 0 Å². The van der Waals surface area contributed by atoms with Crippen LogP contribution in [-0.4, -0.2) is 71.5 Å². The van der Waals surface area contributed by atoms with Gasteiger partial charge in [0.05, 0.1) is 17.6 Å². The van der Waals surface area contributed by atoms with Crippen LogP contribution in [0.3, 0.4) is 0 Å². The van der Waals surface area contributed by atoms with Gasteiger partial charge in [0.2, 0.25) is 17.7 Å². The number of fused-ring (bicyclic) bond motifs is 1. The fraction of sp³-hybridized carbons (Fsp3) is 0.412. The molecule has 2 heterocycles. The molecule has 0 aliphatic heterocycles. The monoisotopic (exact) mass is 613 g/mol. The predicted molar refractivity (Wildman–Crippen MR) is 176 cm³/mol. The Kier molecular flexibility index (Phi) is 10.3. The van der Waals surface area contributed by atoms with Crippen LogP contribution in [0.5, 0.6) is 5.88 Å². The fourth-order valence-corrected chi connectivity index (χ4v) is 6.09. The molecule has 2 aromatic carbocycles. The van der Waals surface area contributed by atoms with Gasteiger partial charge in [-0.3, -0.25) is 14.5 Å². The molecule has 0 bridgehead atoms. The van der Waals surface area contributed by atoms with Crippen molar-refractivity contribution >= 4 is 28.5 Å². The highest BCUT2D eigenvalue weighted by atomic mass is 16.5. The van der Waals surface area contributed by atoms with Gasteiger partial charge in [-0.05, 0) is 94.1 Å². The first-order chi connectivity index (χ1) is 21.7. The highest BCUT2D eigenvalue weighted by molar-refractivity contribution is 6.02. The Morgan fingerprint density at radius 2 is 1.78 bits per heavy atom. The predicted octanol–water partition coefficient (Wildman–Crippen LogP) is 3.44. The first kappa shape index (κ1) is 31.9. The number of aromatic nitrogens is 3. The molecule has 1 atom stereocenters. The molecule has 0 spiro atoms. The van der Waals surface area contributed by atoms with Crippen molar-refractivity contribution in [3.8, 4) is 17.0 Å². The van der Waals surface area contributed by atoms with Gasteiger partial charge in [-0.25, -0.2) is 9.78 Å². The Morgan fingerprint density at radius 1 is 1.00 bits per heavy atom. The normalized spacial score (nSPS) is 17.3. The van der Waals surface area contributed by atoms with Gasteiger partial charge in [0.25, 0.3) is 0 Å². The van der Waals surface area contributed by atoms with E-state index in [0.29, 0.717) is 54.5 Å². The number of nitrogens with zero attached hydrogens (tertiary/aromatic N) is 3. The van der Waals surface area contributed by atoms with E-state index in [4.69, 9.17) is 16.2 Å². The number of hydrogen-bond acceptors (Lipinski definition) is 7. The third-order valence-electron chi connectivity index (χ3n) is 8.61. The van der Waals surface area contributed by atoms with Crippen molar-refractivity contribution in [2.75, 3.05) is 38.7 Å². The van der Waals surface area contributed by atoms with Crippen LogP contribution in [0.2, 0.25) is 0 Å². The minimum atomic E-state index is -0.945. The highest BCUT2D eigenvalue weighted by Gasteiger charge is 2.36. The molecule has 5 rings (SSSR count). The Labute approximate surface area is 263 Å². The van der Waals surface area contributed by atoms with E-state index in [1.807, 2.05) is 50.5 Å². The third kappa shape index (κ3) is 7.98. The average molecular weight is 614 g/mol. The van der Waals surface area contributed by atoms with Crippen LogP contribution in [0, 0.1) is 11.8 Å². The Morgan fingerprint density at radius 3 is 2.47 bits per heavy atom. The maximum absolute atomic E-state index is 14.2. The molecule has 6 N–H and O–H groups in total. The van der Waals surface area contributed by atoms with Crippen LogP contribution in [-0.2, 0) is 16.0 Å². The average Bonchev–Trinajstić information content (AvgIpc) is 3.42. The number of H-pyrrole nitrogens is 2. The molecule has 2 amide bonds. The number of rotatable bonds is 13.